The molecule has 0 saturated carbocycles. The molecule has 3 nitrogen and oxygen atoms in total. The van der Waals surface area contributed by atoms with Crippen molar-refractivity contribution in [1.82, 2.24) is 5.32 Å². The molecule has 0 saturated heterocycles. The van der Waals surface area contributed by atoms with Crippen LogP contribution < -0.4 is 10.1 Å². The summed E-state index contributed by atoms with van der Waals surface area (Å²) in [6, 6.07) is 11.3. The van der Waals surface area contributed by atoms with Gasteiger partial charge in [0, 0.05) is 10.4 Å². The number of hydrogen-bond donors (Lipinski definition) is 1. The predicted octanol–water partition coefficient (Wildman–Crippen LogP) is 3.88. The van der Waals surface area contributed by atoms with E-state index in [2.05, 4.69) is 25.2 Å². The SMILES string of the molecule is COc1cccc(C(=O)N[C@@H](c2cccs2)C(C)C)c1. The quantitative estimate of drug-likeness (QED) is 0.907. The van der Waals surface area contributed by atoms with Crippen molar-refractivity contribution in [2.75, 3.05) is 7.11 Å². The fourth-order valence-corrected chi connectivity index (χ4v) is 2.97. The number of amides is 1. The molecular formula is C16H19NO2S. The van der Waals surface area contributed by atoms with Crippen molar-refractivity contribution in [2.45, 2.75) is 19.9 Å². The first kappa shape index (κ1) is 14.6. The molecule has 2 rings (SSSR count). The molecule has 1 N–H and O–H groups in total. The number of methoxy groups -OCH3 is 1. The Balaban J connectivity index is 2.16. The van der Waals surface area contributed by atoms with Gasteiger partial charge in [-0.15, -0.1) is 11.3 Å². The van der Waals surface area contributed by atoms with Crippen molar-refractivity contribution in [1.29, 1.82) is 0 Å². The summed E-state index contributed by atoms with van der Waals surface area (Å²) in [5.41, 5.74) is 0.617. The van der Waals surface area contributed by atoms with E-state index in [-0.39, 0.29) is 11.9 Å². The molecule has 0 aliphatic rings. The number of thiophene rings is 1. The third-order valence-corrected chi connectivity index (χ3v) is 4.09. The molecule has 0 radical (unpaired) electrons. The van der Waals surface area contributed by atoms with Crippen LogP contribution in [0.25, 0.3) is 0 Å². The third kappa shape index (κ3) is 3.39. The van der Waals surface area contributed by atoms with E-state index >= 15 is 0 Å². The van der Waals surface area contributed by atoms with Crippen LogP contribution in [-0.2, 0) is 0 Å². The summed E-state index contributed by atoms with van der Waals surface area (Å²) in [6.07, 6.45) is 0. The molecule has 1 aromatic heterocycles. The lowest BCUT2D eigenvalue weighted by atomic mass is 10.0. The Hall–Kier alpha value is -1.81. The number of carbonyl (C=O) groups excluding carboxylic acids is 1. The van der Waals surface area contributed by atoms with Crippen molar-refractivity contribution in [2.24, 2.45) is 5.92 Å². The van der Waals surface area contributed by atoms with E-state index in [4.69, 9.17) is 4.74 Å². The zero-order valence-electron chi connectivity index (χ0n) is 11.9. The molecule has 0 spiro atoms. The van der Waals surface area contributed by atoms with Gasteiger partial charge in [0.1, 0.15) is 5.75 Å². The Morgan fingerprint density at radius 3 is 2.65 bits per heavy atom. The third-order valence-electron chi connectivity index (χ3n) is 3.13. The Kier molecular flexibility index (Phi) is 4.79. The maximum Gasteiger partial charge on any atom is 0.251 e. The van der Waals surface area contributed by atoms with Crippen LogP contribution in [0.15, 0.2) is 41.8 Å². The van der Waals surface area contributed by atoms with Crippen molar-refractivity contribution >= 4 is 17.2 Å². The maximum atomic E-state index is 12.4. The van der Waals surface area contributed by atoms with Gasteiger partial charge in [-0.3, -0.25) is 4.79 Å². The van der Waals surface area contributed by atoms with Crippen LogP contribution >= 0.6 is 11.3 Å². The van der Waals surface area contributed by atoms with E-state index in [1.54, 1.807) is 30.6 Å². The van der Waals surface area contributed by atoms with Crippen molar-refractivity contribution < 1.29 is 9.53 Å². The van der Waals surface area contributed by atoms with E-state index in [0.717, 1.165) is 0 Å². The van der Waals surface area contributed by atoms with Crippen molar-refractivity contribution in [3.63, 3.8) is 0 Å². The number of rotatable bonds is 5. The highest BCUT2D eigenvalue weighted by Gasteiger charge is 2.20. The minimum absolute atomic E-state index is 0.0358. The second-order valence-electron chi connectivity index (χ2n) is 4.94. The highest BCUT2D eigenvalue weighted by molar-refractivity contribution is 7.10. The van der Waals surface area contributed by atoms with Gasteiger partial charge in [0.15, 0.2) is 0 Å². The van der Waals surface area contributed by atoms with E-state index in [1.807, 2.05) is 23.6 Å². The van der Waals surface area contributed by atoms with Gasteiger partial charge in [0.2, 0.25) is 0 Å². The van der Waals surface area contributed by atoms with Crippen LogP contribution in [-0.4, -0.2) is 13.0 Å². The molecule has 106 valence electrons. The number of carbonyl (C=O) groups is 1. The molecule has 0 unspecified atom stereocenters. The molecule has 0 bridgehead atoms. The van der Waals surface area contributed by atoms with Gasteiger partial charge in [0.25, 0.3) is 5.91 Å². The van der Waals surface area contributed by atoms with Crippen LogP contribution in [0.4, 0.5) is 0 Å². The van der Waals surface area contributed by atoms with Gasteiger partial charge in [-0.05, 0) is 35.6 Å². The standard InChI is InChI=1S/C16H19NO2S/c1-11(2)15(14-8-5-9-20-14)17-16(18)12-6-4-7-13(10-12)19-3/h4-11,15H,1-3H3,(H,17,18)/t15-/m1/s1. The lowest BCUT2D eigenvalue weighted by molar-refractivity contribution is 0.0926. The van der Waals surface area contributed by atoms with Crippen LogP contribution in [0.3, 0.4) is 0 Å². The lowest BCUT2D eigenvalue weighted by Crippen LogP contribution is -2.31. The zero-order chi connectivity index (χ0) is 14.5. The van der Waals surface area contributed by atoms with Gasteiger partial charge in [0.05, 0.1) is 13.2 Å². The van der Waals surface area contributed by atoms with Gasteiger partial charge in [-0.2, -0.15) is 0 Å². The summed E-state index contributed by atoms with van der Waals surface area (Å²) in [6.45, 7) is 4.21. The van der Waals surface area contributed by atoms with Gasteiger partial charge >= 0.3 is 0 Å². The Bertz CT molecular complexity index is 564. The molecule has 1 atom stereocenters. The van der Waals surface area contributed by atoms with Crippen LogP contribution in [0.2, 0.25) is 0 Å². The molecule has 0 aliphatic carbocycles. The second kappa shape index (κ2) is 6.57. The first-order chi connectivity index (χ1) is 9.61. The normalized spacial score (nSPS) is 12.2. The van der Waals surface area contributed by atoms with Gasteiger partial charge in [-0.25, -0.2) is 0 Å². The summed E-state index contributed by atoms with van der Waals surface area (Å²) in [5.74, 6) is 0.953. The fourth-order valence-electron chi connectivity index (χ4n) is 2.02. The first-order valence-corrected chi connectivity index (χ1v) is 7.48. The Labute approximate surface area is 123 Å². The summed E-state index contributed by atoms with van der Waals surface area (Å²) >= 11 is 1.66. The first-order valence-electron chi connectivity index (χ1n) is 6.60. The van der Waals surface area contributed by atoms with E-state index < -0.39 is 0 Å². The monoisotopic (exact) mass is 289 g/mol. The van der Waals surface area contributed by atoms with Crippen molar-refractivity contribution in [3.8, 4) is 5.75 Å². The lowest BCUT2D eigenvalue weighted by Gasteiger charge is -2.21. The predicted molar refractivity (Wildman–Crippen MR) is 82.4 cm³/mol. The summed E-state index contributed by atoms with van der Waals surface area (Å²) < 4.78 is 5.15. The van der Waals surface area contributed by atoms with Gasteiger partial charge in [-0.1, -0.05) is 26.0 Å². The van der Waals surface area contributed by atoms with Crippen LogP contribution in [0, 0.1) is 5.92 Å². The Morgan fingerprint density at radius 1 is 1.25 bits per heavy atom. The molecule has 20 heavy (non-hydrogen) atoms. The molecule has 1 aromatic carbocycles. The Morgan fingerprint density at radius 2 is 2.05 bits per heavy atom. The number of benzene rings is 1. The van der Waals surface area contributed by atoms with Crippen LogP contribution in [0.5, 0.6) is 5.75 Å². The number of nitrogens with one attached hydrogen (secondary N) is 1. The molecule has 0 aliphatic heterocycles. The molecule has 0 fully saturated rings. The zero-order valence-corrected chi connectivity index (χ0v) is 12.7. The second-order valence-corrected chi connectivity index (χ2v) is 5.92. The minimum Gasteiger partial charge on any atom is -0.497 e. The summed E-state index contributed by atoms with van der Waals surface area (Å²) in [4.78, 5) is 13.5. The smallest absolute Gasteiger partial charge is 0.251 e. The van der Waals surface area contributed by atoms with Gasteiger partial charge < -0.3 is 10.1 Å². The topological polar surface area (TPSA) is 38.3 Å². The maximum absolute atomic E-state index is 12.4. The van der Waals surface area contributed by atoms with E-state index in [0.29, 0.717) is 17.2 Å². The molecule has 1 amide bonds. The summed E-state index contributed by atoms with van der Waals surface area (Å²) in [7, 11) is 1.60. The largest absolute Gasteiger partial charge is 0.497 e. The average molecular weight is 289 g/mol. The number of hydrogen-bond acceptors (Lipinski definition) is 3. The van der Waals surface area contributed by atoms with E-state index in [1.165, 1.54) is 4.88 Å². The highest BCUT2D eigenvalue weighted by atomic mass is 32.1. The van der Waals surface area contributed by atoms with E-state index in [9.17, 15) is 4.79 Å². The molecule has 1 heterocycles. The number of ether oxygens (including phenoxy) is 1. The van der Waals surface area contributed by atoms with Crippen molar-refractivity contribution in [3.05, 3.63) is 52.2 Å². The van der Waals surface area contributed by atoms with Crippen LogP contribution in [0.1, 0.15) is 35.1 Å². The highest BCUT2D eigenvalue weighted by Crippen LogP contribution is 2.26. The fraction of sp³-hybridized carbons (Fsp3) is 0.312. The molecule has 4 heteroatoms. The molecular weight excluding hydrogens is 270 g/mol. The minimum atomic E-state index is -0.0731. The average Bonchev–Trinajstić information content (AvgIpc) is 2.98. The molecule has 2 aromatic rings. The summed E-state index contributed by atoms with van der Waals surface area (Å²) in [5, 5.41) is 5.13.